The highest BCUT2D eigenvalue weighted by Gasteiger charge is 2.26. The second-order valence-corrected chi connectivity index (χ2v) is 5.54. The maximum atomic E-state index is 11.1. The lowest BCUT2D eigenvalue weighted by molar-refractivity contribution is 0.0690. The normalized spacial score (nSPS) is 19.3. The summed E-state index contributed by atoms with van der Waals surface area (Å²) in [4.78, 5) is 21.3. The Bertz CT molecular complexity index is 446. The first-order chi connectivity index (χ1) is 8.49. The van der Waals surface area contributed by atoms with Crippen molar-refractivity contribution < 1.29 is 9.90 Å². The predicted molar refractivity (Wildman–Crippen MR) is 68.8 cm³/mol. The van der Waals surface area contributed by atoms with Gasteiger partial charge in [-0.2, -0.15) is 0 Å². The molecule has 1 fully saturated rings. The Hall–Kier alpha value is -1.65. The Labute approximate surface area is 107 Å². The van der Waals surface area contributed by atoms with E-state index in [1.54, 1.807) is 6.20 Å². The van der Waals surface area contributed by atoms with Crippen LogP contribution in [-0.4, -0.2) is 34.1 Å². The molecule has 5 nitrogen and oxygen atoms in total. The lowest BCUT2D eigenvalue weighted by Crippen LogP contribution is -2.28. The molecule has 18 heavy (non-hydrogen) atoms. The van der Waals surface area contributed by atoms with Gasteiger partial charge in [0.1, 0.15) is 0 Å². The lowest BCUT2D eigenvalue weighted by atomic mass is 9.85. The van der Waals surface area contributed by atoms with Gasteiger partial charge in [0, 0.05) is 25.5 Å². The first-order valence-electron chi connectivity index (χ1n) is 6.29. The zero-order valence-electron chi connectivity index (χ0n) is 10.9. The Kier molecular flexibility index (Phi) is 3.50. The zero-order valence-corrected chi connectivity index (χ0v) is 10.9. The SMILES string of the molecule is CC1(C)CCCN(c2nccnc2C(=O)O)CC1. The van der Waals surface area contributed by atoms with E-state index >= 15 is 0 Å². The molecule has 0 aromatic carbocycles. The molecule has 1 N–H and O–H groups in total. The smallest absolute Gasteiger partial charge is 0.358 e. The highest BCUT2D eigenvalue weighted by Crippen LogP contribution is 2.31. The monoisotopic (exact) mass is 249 g/mol. The number of carbonyl (C=O) groups is 1. The van der Waals surface area contributed by atoms with Crippen molar-refractivity contribution in [2.24, 2.45) is 5.41 Å². The van der Waals surface area contributed by atoms with Crippen LogP contribution >= 0.6 is 0 Å². The number of rotatable bonds is 2. The molecule has 2 rings (SSSR count). The summed E-state index contributed by atoms with van der Waals surface area (Å²) >= 11 is 0. The van der Waals surface area contributed by atoms with Crippen LogP contribution in [0.3, 0.4) is 0 Å². The Morgan fingerprint density at radius 3 is 2.72 bits per heavy atom. The van der Waals surface area contributed by atoms with Gasteiger partial charge in [0.15, 0.2) is 11.5 Å². The first-order valence-corrected chi connectivity index (χ1v) is 6.29. The molecule has 0 aliphatic carbocycles. The van der Waals surface area contributed by atoms with Crippen LogP contribution in [0, 0.1) is 5.41 Å². The molecule has 1 aromatic rings. The first kappa shape index (κ1) is 12.8. The van der Waals surface area contributed by atoms with Gasteiger partial charge < -0.3 is 10.0 Å². The summed E-state index contributed by atoms with van der Waals surface area (Å²) < 4.78 is 0. The molecule has 5 heteroatoms. The van der Waals surface area contributed by atoms with Gasteiger partial charge in [-0.05, 0) is 24.7 Å². The maximum Gasteiger partial charge on any atom is 0.358 e. The van der Waals surface area contributed by atoms with Crippen molar-refractivity contribution in [2.75, 3.05) is 18.0 Å². The molecule has 0 unspecified atom stereocenters. The fourth-order valence-corrected chi connectivity index (χ4v) is 2.35. The second-order valence-electron chi connectivity index (χ2n) is 5.54. The summed E-state index contributed by atoms with van der Waals surface area (Å²) in [5.74, 6) is -0.510. The van der Waals surface area contributed by atoms with E-state index in [0.717, 1.165) is 32.4 Å². The van der Waals surface area contributed by atoms with Crippen molar-refractivity contribution >= 4 is 11.8 Å². The number of hydrogen-bond donors (Lipinski definition) is 1. The maximum absolute atomic E-state index is 11.1. The number of aromatic nitrogens is 2. The molecule has 98 valence electrons. The molecule has 1 aliphatic rings. The number of aromatic carboxylic acids is 1. The number of carboxylic acid groups (broad SMARTS) is 1. The van der Waals surface area contributed by atoms with E-state index in [1.165, 1.54) is 6.20 Å². The van der Waals surface area contributed by atoms with Gasteiger partial charge in [0.05, 0.1) is 0 Å². The minimum Gasteiger partial charge on any atom is -0.476 e. The van der Waals surface area contributed by atoms with Gasteiger partial charge >= 0.3 is 5.97 Å². The van der Waals surface area contributed by atoms with Crippen molar-refractivity contribution in [3.05, 3.63) is 18.1 Å². The average molecular weight is 249 g/mol. The van der Waals surface area contributed by atoms with Gasteiger partial charge in [-0.3, -0.25) is 0 Å². The zero-order chi connectivity index (χ0) is 13.2. The van der Waals surface area contributed by atoms with Crippen LogP contribution in [0.5, 0.6) is 0 Å². The van der Waals surface area contributed by atoms with Gasteiger partial charge in [-0.1, -0.05) is 13.8 Å². The average Bonchev–Trinajstić information content (AvgIpc) is 2.50. The highest BCUT2D eigenvalue weighted by atomic mass is 16.4. The standard InChI is InChI=1S/C13H19N3O2/c1-13(2)4-3-8-16(9-5-13)11-10(12(17)18)14-6-7-15-11/h6-7H,3-5,8-9H2,1-2H3,(H,17,18). The third-order valence-corrected chi connectivity index (χ3v) is 3.52. The van der Waals surface area contributed by atoms with E-state index in [9.17, 15) is 4.79 Å². The van der Waals surface area contributed by atoms with Gasteiger partial charge in [-0.25, -0.2) is 14.8 Å². The molecule has 0 atom stereocenters. The highest BCUT2D eigenvalue weighted by molar-refractivity contribution is 5.90. The van der Waals surface area contributed by atoms with Gasteiger partial charge in [0.2, 0.25) is 0 Å². The largest absolute Gasteiger partial charge is 0.476 e. The quantitative estimate of drug-likeness (QED) is 0.870. The van der Waals surface area contributed by atoms with Gasteiger partial charge in [-0.15, -0.1) is 0 Å². The summed E-state index contributed by atoms with van der Waals surface area (Å²) in [5.41, 5.74) is 0.373. The molecule has 0 saturated carbocycles. The molecule has 0 amide bonds. The van der Waals surface area contributed by atoms with Crippen LogP contribution in [0.1, 0.15) is 43.6 Å². The Balaban J connectivity index is 2.24. The summed E-state index contributed by atoms with van der Waals surface area (Å²) in [7, 11) is 0. The molecular formula is C13H19N3O2. The predicted octanol–water partition coefficient (Wildman–Crippen LogP) is 2.19. The minimum atomic E-state index is -1.01. The molecule has 1 aromatic heterocycles. The van der Waals surface area contributed by atoms with Crippen LogP contribution in [0.4, 0.5) is 5.82 Å². The summed E-state index contributed by atoms with van der Waals surface area (Å²) in [5, 5.41) is 9.14. The topological polar surface area (TPSA) is 66.3 Å². The second kappa shape index (κ2) is 4.92. The Morgan fingerprint density at radius 2 is 2.00 bits per heavy atom. The molecular weight excluding hydrogens is 230 g/mol. The molecule has 1 aliphatic heterocycles. The molecule has 0 bridgehead atoms. The van der Waals surface area contributed by atoms with E-state index < -0.39 is 5.97 Å². The van der Waals surface area contributed by atoms with E-state index in [2.05, 4.69) is 23.8 Å². The van der Waals surface area contributed by atoms with E-state index in [0.29, 0.717) is 11.2 Å². The van der Waals surface area contributed by atoms with Crippen LogP contribution in [0.15, 0.2) is 12.4 Å². The van der Waals surface area contributed by atoms with Crippen molar-refractivity contribution in [1.82, 2.24) is 9.97 Å². The van der Waals surface area contributed by atoms with Crippen molar-refractivity contribution in [3.63, 3.8) is 0 Å². The molecule has 0 radical (unpaired) electrons. The number of hydrogen-bond acceptors (Lipinski definition) is 4. The third kappa shape index (κ3) is 2.78. The van der Waals surface area contributed by atoms with Crippen LogP contribution in [-0.2, 0) is 0 Å². The lowest BCUT2D eigenvalue weighted by Gasteiger charge is -2.24. The number of anilines is 1. The van der Waals surface area contributed by atoms with Gasteiger partial charge in [0.25, 0.3) is 0 Å². The summed E-state index contributed by atoms with van der Waals surface area (Å²) in [6, 6.07) is 0. The molecule has 2 heterocycles. The fraction of sp³-hybridized carbons (Fsp3) is 0.615. The summed E-state index contributed by atoms with van der Waals surface area (Å²) in [6.07, 6.45) is 6.24. The Morgan fingerprint density at radius 1 is 1.28 bits per heavy atom. The van der Waals surface area contributed by atoms with Crippen LogP contribution in [0.2, 0.25) is 0 Å². The summed E-state index contributed by atoms with van der Waals surface area (Å²) in [6.45, 7) is 6.20. The molecule has 1 saturated heterocycles. The number of carboxylic acids is 1. The number of nitrogens with zero attached hydrogens (tertiary/aromatic N) is 3. The van der Waals surface area contributed by atoms with E-state index in [-0.39, 0.29) is 5.69 Å². The van der Waals surface area contributed by atoms with Crippen molar-refractivity contribution in [1.29, 1.82) is 0 Å². The van der Waals surface area contributed by atoms with E-state index in [4.69, 9.17) is 5.11 Å². The van der Waals surface area contributed by atoms with E-state index in [1.807, 2.05) is 4.90 Å². The van der Waals surface area contributed by atoms with Crippen molar-refractivity contribution in [3.8, 4) is 0 Å². The minimum absolute atomic E-state index is 0.0530. The molecule has 0 spiro atoms. The third-order valence-electron chi connectivity index (χ3n) is 3.52. The van der Waals surface area contributed by atoms with Crippen molar-refractivity contribution in [2.45, 2.75) is 33.1 Å². The van der Waals surface area contributed by atoms with Crippen LogP contribution in [0.25, 0.3) is 0 Å². The fourth-order valence-electron chi connectivity index (χ4n) is 2.35. The van der Waals surface area contributed by atoms with Crippen LogP contribution < -0.4 is 4.90 Å².